The molecule has 21 heavy (non-hydrogen) atoms. The van der Waals surface area contributed by atoms with E-state index in [1.807, 2.05) is 56.3 Å². The third-order valence-corrected chi connectivity index (χ3v) is 3.02. The zero-order valence-corrected chi connectivity index (χ0v) is 12.3. The van der Waals surface area contributed by atoms with Gasteiger partial charge in [-0.2, -0.15) is 5.10 Å². The van der Waals surface area contributed by atoms with Crippen molar-refractivity contribution in [2.75, 3.05) is 11.9 Å². The number of hydrogen-bond donors (Lipinski definition) is 2. The second-order valence-corrected chi connectivity index (χ2v) is 4.88. The van der Waals surface area contributed by atoms with Crippen LogP contribution in [0.1, 0.15) is 16.7 Å². The molecule has 0 aromatic heterocycles. The number of nitrogens with one attached hydrogen (secondary N) is 2. The van der Waals surface area contributed by atoms with Gasteiger partial charge in [0, 0.05) is 5.69 Å². The maximum absolute atomic E-state index is 11.7. The first-order valence-electron chi connectivity index (χ1n) is 6.83. The lowest BCUT2D eigenvalue weighted by Crippen LogP contribution is -2.26. The van der Waals surface area contributed by atoms with Crippen molar-refractivity contribution in [1.82, 2.24) is 5.43 Å². The summed E-state index contributed by atoms with van der Waals surface area (Å²) in [4.78, 5) is 11.7. The van der Waals surface area contributed by atoms with Gasteiger partial charge in [0.15, 0.2) is 0 Å². The Labute approximate surface area is 124 Å². The Morgan fingerprint density at radius 2 is 1.90 bits per heavy atom. The first kappa shape index (κ1) is 14.8. The van der Waals surface area contributed by atoms with Crippen LogP contribution in [-0.4, -0.2) is 18.7 Å². The summed E-state index contributed by atoms with van der Waals surface area (Å²) in [5.41, 5.74) is 6.73. The summed E-state index contributed by atoms with van der Waals surface area (Å²) < 4.78 is 0. The summed E-state index contributed by atoms with van der Waals surface area (Å²) in [6, 6.07) is 15.7. The van der Waals surface area contributed by atoms with Gasteiger partial charge in [-0.1, -0.05) is 48.0 Å². The highest BCUT2D eigenvalue weighted by molar-refractivity contribution is 5.84. The fourth-order valence-corrected chi connectivity index (χ4v) is 1.94. The minimum Gasteiger partial charge on any atom is -0.376 e. The largest absolute Gasteiger partial charge is 0.376 e. The van der Waals surface area contributed by atoms with Gasteiger partial charge in [-0.3, -0.25) is 4.79 Å². The minimum atomic E-state index is -0.179. The quantitative estimate of drug-likeness (QED) is 0.654. The first-order chi connectivity index (χ1) is 10.1. The van der Waals surface area contributed by atoms with Gasteiger partial charge in [-0.25, -0.2) is 5.43 Å². The Bertz CT molecular complexity index is 636. The summed E-state index contributed by atoms with van der Waals surface area (Å²) in [5.74, 6) is -0.179. The fraction of sp³-hybridized carbons (Fsp3) is 0.176. The van der Waals surface area contributed by atoms with Crippen LogP contribution in [0.15, 0.2) is 53.6 Å². The van der Waals surface area contributed by atoms with E-state index in [0.29, 0.717) is 0 Å². The molecule has 0 bridgehead atoms. The number of hydrazone groups is 1. The third kappa shape index (κ3) is 4.76. The van der Waals surface area contributed by atoms with Crippen molar-refractivity contribution in [2.45, 2.75) is 13.8 Å². The molecule has 0 unspecified atom stereocenters. The molecule has 4 nitrogen and oxygen atoms in total. The Morgan fingerprint density at radius 1 is 1.14 bits per heavy atom. The number of carbonyl (C=O) groups excluding carboxylic acids is 1. The molecule has 0 spiro atoms. The lowest BCUT2D eigenvalue weighted by Gasteiger charge is -2.09. The maximum atomic E-state index is 11.7. The van der Waals surface area contributed by atoms with Crippen molar-refractivity contribution in [2.24, 2.45) is 5.10 Å². The van der Waals surface area contributed by atoms with E-state index >= 15 is 0 Å². The van der Waals surface area contributed by atoms with E-state index in [9.17, 15) is 4.79 Å². The molecule has 2 N–H and O–H groups in total. The zero-order valence-electron chi connectivity index (χ0n) is 12.3. The molecule has 0 fully saturated rings. The standard InChI is InChI=1S/C17H19N3O/c1-13-8-9-16(14(2)10-13)18-12-17(21)20-19-11-15-6-4-3-5-7-15/h3-11,18H,12H2,1-2H3,(H,20,21). The van der Waals surface area contributed by atoms with Gasteiger partial charge in [-0.15, -0.1) is 0 Å². The highest BCUT2D eigenvalue weighted by Gasteiger charge is 2.01. The molecule has 2 aromatic rings. The topological polar surface area (TPSA) is 53.5 Å². The maximum Gasteiger partial charge on any atom is 0.259 e. The van der Waals surface area contributed by atoms with E-state index in [1.54, 1.807) is 6.21 Å². The van der Waals surface area contributed by atoms with E-state index in [1.165, 1.54) is 5.56 Å². The number of carbonyl (C=O) groups is 1. The predicted octanol–water partition coefficient (Wildman–Crippen LogP) is 2.87. The summed E-state index contributed by atoms with van der Waals surface area (Å²) in [7, 11) is 0. The second-order valence-electron chi connectivity index (χ2n) is 4.88. The SMILES string of the molecule is Cc1ccc(NCC(=O)NN=Cc2ccccc2)c(C)c1. The Kier molecular flexibility index (Phi) is 5.10. The minimum absolute atomic E-state index is 0.179. The van der Waals surface area contributed by atoms with Crippen LogP contribution >= 0.6 is 0 Å². The Hall–Kier alpha value is -2.62. The molecular weight excluding hydrogens is 262 g/mol. The molecule has 108 valence electrons. The van der Waals surface area contributed by atoms with Crippen molar-refractivity contribution in [3.8, 4) is 0 Å². The third-order valence-electron chi connectivity index (χ3n) is 3.02. The van der Waals surface area contributed by atoms with Crippen LogP contribution in [0.4, 0.5) is 5.69 Å². The Morgan fingerprint density at radius 3 is 2.62 bits per heavy atom. The lowest BCUT2D eigenvalue weighted by atomic mass is 10.1. The number of nitrogens with zero attached hydrogens (tertiary/aromatic N) is 1. The van der Waals surface area contributed by atoms with E-state index in [2.05, 4.69) is 21.9 Å². The van der Waals surface area contributed by atoms with Crippen molar-refractivity contribution in [3.63, 3.8) is 0 Å². The zero-order chi connectivity index (χ0) is 15.1. The summed E-state index contributed by atoms with van der Waals surface area (Å²) >= 11 is 0. The molecule has 0 aliphatic heterocycles. The average Bonchev–Trinajstić information content (AvgIpc) is 2.47. The van der Waals surface area contributed by atoms with E-state index in [0.717, 1.165) is 16.8 Å². The van der Waals surface area contributed by atoms with Gasteiger partial charge < -0.3 is 5.32 Å². The molecule has 2 rings (SSSR count). The molecule has 0 aliphatic carbocycles. The number of anilines is 1. The molecule has 0 atom stereocenters. The fourth-order valence-electron chi connectivity index (χ4n) is 1.94. The average molecular weight is 281 g/mol. The van der Waals surface area contributed by atoms with Crippen molar-refractivity contribution >= 4 is 17.8 Å². The van der Waals surface area contributed by atoms with Crippen molar-refractivity contribution in [1.29, 1.82) is 0 Å². The van der Waals surface area contributed by atoms with Gasteiger partial charge in [-0.05, 0) is 31.0 Å². The highest BCUT2D eigenvalue weighted by Crippen LogP contribution is 2.15. The van der Waals surface area contributed by atoms with Crippen LogP contribution in [0.5, 0.6) is 0 Å². The first-order valence-corrected chi connectivity index (χ1v) is 6.83. The van der Waals surface area contributed by atoms with Crippen LogP contribution in [-0.2, 0) is 4.79 Å². The lowest BCUT2D eigenvalue weighted by molar-refractivity contribution is -0.119. The second kappa shape index (κ2) is 7.24. The molecule has 4 heteroatoms. The van der Waals surface area contributed by atoms with E-state index in [4.69, 9.17) is 0 Å². The molecule has 1 amide bonds. The van der Waals surface area contributed by atoms with Crippen LogP contribution in [0.3, 0.4) is 0 Å². The van der Waals surface area contributed by atoms with Gasteiger partial charge in [0.1, 0.15) is 0 Å². The molecule has 0 radical (unpaired) electrons. The van der Waals surface area contributed by atoms with Crippen molar-refractivity contribution < 1.29 is 4.79 Å². The smallest absolute Gasteiger partial charge is 0.259 e. The van der Waals surface area contributed by atoms with Crippen LogP contribution in [0.25, 0.3) is 0 Å². The van der Waals surface area contributed by atoms with E-state index in [-0.39, 0.29) is 12.5 Å². The molecule has 2 aromatic carbocycles. The molecule has 0 saturated carbocycles. The molecular formula is C17H19N3O. The van der Waals surface area contributed by atoms with Crippen LogP contribution in [0.2, 0.25) is 0 Å². The summed E-state index contributed by atoms with van der Waals surface area (Å²) in [5, 5.41) is 7.03. The Balaban J connectivity index is 1.81. The molecule has 0 aliphatic rings. The number of benzene rings is 2. The van der Waals surface area contributed by atoms with Crippen molar-refractivity contribution in [3.05, 3.63) is 65.2 Å². The summed E-state index contributed by atoms with van der Waals surface area (Å²) in [6.07, 6.45) is 1.62. The van der Waals surface area contributed by atoms with Gasteiger partial charge >= 0.3 is 0 Å². The van der Waals surface area contributed by atoms with Gasteiger partial charge in [0.25, 0.3) is 5.91 Å². The molecule has 0 saturated heterocycles. The number of rotatable bonds is 5. The monoisotopic (exact) mass is 281 g/mol. The molecule has 0 heterocycles. The van der Waals surface area contributed by atoms with Crippen LogP contribution in [0, 0.1) is 13.8 Å². The van der Waals surface area contributed by atoms with Gasteiger partial charge in [0.2, 0.25) is 0 Å². The normalized spacial score (nSPS) is 10.6. The summed E-state index contributed by atoms with van der Waals surface area (Å²) in [6.45, 7) is 4.25. The van der Waals surface area contributed by atoms with Crippen LogP contribution < -0.4 is 10.7 Å². The van der Waals surface area contributed by atoms with E-state index < -0.39 is 0 Å². The predicted molar refractivity (Wildman–Crippen MR) is 86.6 cm³/mol. The highest BCUT2D eigenvalue weighted by atomic mass is 16.2. The number of hydrogen-bond acceptors (Lipinski definition) is 3. The number of aryl methyl sites for hydroxylation is 2. The number of amides is 1. The van der Waals surface area contributed by atoms with Gasteiger partial charge in [0.05, 0.1) is 12.8 Å².